The molecule has 0 saturated heterocycles. The maximum Gasteiger partial charge on any atom is 0.142 e. The maximum absolute atomic E-state index is 9.67. The van der Waals surface area contributed by atoms with Gasteiger partial charge in [0.05, 0.1) is 17.5 Å². The van der Waals surface area contributed by atoms with Gasteiger partial charge in [0.2, 0.25) is 0 Å². The fraction of sp³-hybridized carbons (Fsp3) is 0.467. The molecule has 2 N–H and O–H groups in total. The monoisotopic (exact) mass is 289 g/mol. The largest absolute Gasteiger partial charge is 0.393 e. The van der Waals surface area contributed by atoms with Gasteiger partial charge in [0.15, 0.2) is 0 Å². The number of aliphatic hydroxyl groups excluding tert-OH is 1. The van der Waals surface area contributed by atoms with Gasteiger partial charge in [-0.2, -0.15) is 0 Å². The number of nitrogens with one attached hydrogen (secondary N) is 1. The first-order valence-electron chi connectivity index (χ1n) is 7.08. The predicted octanol–water partition coefficient (Wildman–Crippen LogP) is 2.60. The Labute approximate surface area is 122 Å². The molecule has 2 atom stereocenters. The maximum atomic E-state index is 9.67. The number of thiazole rings is 1. The summed E-state index contributed by atoms with van der Waals surface area (Å²) in [5, 5.41) is 16.2. The standard InChI is InChI=1S/C15H19N3OS/c19-13-5-3-4-11(8-13)17-9-12-10-20-15(18-12)14-6-1-2-7-16-14/h1-2,6-7,10-11,13,17,19H,3-5,8-9H2. The number of aliphatic hydroxyl groups is 1. The molecule has 4 nitrogen and oxygen atoms in total. The van der Waals surface area contributed by atoms with E-state index < -0.39 is 0 Å². The summed E-state index contributed by atoms with van der Waals surface area (Å²) in [4.78, 5) is 8.93. The van der Waals surface area contributed by atoms with Crippen molar-refractivity contribution in [3.63, 3.8) is 0 Å². The Balaban J connectivity index is 1.58. The molecule has 0 aliphatic heterocycles. The van der Waals surface area contributed by atoms with Crippen molar-refractivity contribution in [2.24, 2.45) is 0 Å². The molecule has 1 aliphatic carbocycles. The lowest BCUT2D eigenvalue weighted by Crippen LogP contribution is -2.35. The molecule has 0 spiro atoms. The van der Waals surface area contributed by atoms with Crippen LogP contribution in [0.25, 0.3) is 10.7 Å². The highest BCUT2D eigenvalue weighted by Crippen LogP contribution is 2.22. The van der Waals surface area contributed by atoms with Gasteiger partial charge in [-0.15, -0.1) is 11.3 Å². The van der Waals surface area contributed by atoms with Gasteiger partial charge in [-0.25, -0.2) is 4.98 Å². The molecule has 0 aromatic carbocycles. The number of aromatic nitrogens is 2. The zero-order valence-corrected chi connectivity index (χ0v) is 12.1. The van der Waals surface area contributed by atoms with E-state index in [2.05, 4.69) is 20.7 Å². The molecule has 0 bridgehead atoms. The van der Waals surface area contributed by atoms with Crippen LogP contribution in [0.2, 0.25) is 0 Å². The number of hydrogen-bond donors (Lipinski definition) is 2. The van der Waals surface area contributed by atoms with Gasteiger partial charge in [0.1, 0.15) is 5.01 Å². The van der Waals surface area contributed by atoms with Crippen LogP contribution < -0.4 is 5.32 Å². The highest BCUT2D eigenvalue weighted by Gasteiger charge is 2.19. The van der Waals surface area contributed by atoms with Crippen molar-refractivity contribution >= 4 is 11.3 Å². The van der Waals surface area contributed by atoms with Gasteiger partial charge < -0.3 is 10.4 Å². The van der Waals surface area contributed by atoms with Crippen molar-refractivity contribution in [3.05, 3.63) is 35.5 Å². The fourth-order valence-electron chi connectivity index (χ4n) is 2.59. The van der Waals surface area contributed by atoms with Crippen molar-refractivity contribution in [1.82, 2.24) is 15.3 Å². The lowest BCUT2D eigenvalue weighted by atomic mass is 9.93. The van der Waals surface area contributed by atoms with Crippen LogP contribution in [0.5, 0.6) is 0 Å². The Morgan fingerprint density at radius 1 is 1.35 bits per heavy atom. The summed E-state index contributed by atoms with van der Waals surface area (Å²) in [6.45, 7) is 0.765. The molecule has 5 heteroatoms. The number of pyridine rings is 1. The first-order chi connectivity index (χ1) is 9.81. The van der Waals surface area contributed by atoms with Crippen LogP contribution in [0.4, 0.5) is 0 Å². The average molecular weight is 289 g/mol. The predicted molar refractivity (Wildman–Crippen MR) is 80.4 cm³/mol. The average Bonchev–Trinajstić information content (AvgIpc) is 2.95. The van der Waals surface area contributed by atoms with E-state index in [4.69, 9.17) is 0 Å². The molecule has 1 aliphatic rings. The Hall–Kier alpha value is -1.30. The molecule has 20 heavy (non-hydrogen) atoms. The third-order valence-corrected chi connectivity index (χ3v) is 4.57. The summed E-state index contributed by atoms with van der Waals surface area (Å²) >= 11 is 1.63. The van der Waals surface area contributed by atoms with E-state index >= 15 is 0 Å². The minimum Gasteiger partial charge on any atom is -0.393 e. The summed E-state index contributed by atoms with van der Waals surface area (Å²) in [6, 6.07) is 6.28. The Morgan fingerprint density at radius 3 is 3.10 bits per heavy atom. The van der Waals surface area contributed by atoms with Crippen LogP contribution in [0, 0.1) is 0 Å². The van der Waals surface area contributed by atoms with E-state index in [0.717, 1.165) is 48.6 Å². The quantitative estimate of drug-likeness (QED) is 0.908. The second-order valence-corrected chi connectivity index (χ2v) is 6.12. The van der Waals surface area contributed by atoms with Crippen LogP contribution in [-0.2, 0) is 6.54 Å². The summed E-state index contributed by atoms with van der Waals surface area (Å²) in [7, 11) is 0. The zero-order chi connectivity index (χ0) is 13.8. The van der Waals surface area contributed by atoms with Crippen molar-refractivity contribution < 1.29 is 5.11 Å². The van der Waals surface area contributed by atoms with Crippen molar-refractivity contribution in [2.75, 3.05) is 0 Å². The summed E-state index contributed by atoms with van der Waals surface area (Å²) in [5.41, 5.74) is 1.98. The summed E-state index contributed by atoms with van der Waals surface area (Å²) < 4.78 is 0. The first-order valence-corrected chi connectivity index (χ1v) is 7.96. The van der Waals surface area contributed by atoms with Crippen LogP contribution in [0.3, 0.4) is 0 Å². The topological polar surface area (TPSA) is 58.0 Å². The Bertz CT molecular complexity index is 543. The molecule has 0 radical (unpaired) electrons. The highest BCUT2D eigenvalue weighted by molar-refractivity contribution is 7.13. The SMILES string of the molecule is OC1CCCC(NCc2csc(-c3ccccn3)n2)C1. The summed E-state index contributed by atoms with van der Waals surface area (Å²) in [6.07, 6.45) is 5.71. The lowest BCUT2D eigenvalue weighted by Gasteiger charge is -2.26. The Morgan fingerprint density at radius 2 is 2.30 bits per heavy atom. The van der Waals surface area contributed by atoms with Crippen molar-refractivity contribution in [2.45, 2.75) is 44.4 Å². The van der Waals surface area contributed by atoms with Gasteiger partial charge >= 0.3 is 0 Å². The molecular weight excluding hydrogens is 270 g/mol. The van der Waals surface area contributed by atoms with Crippen molar-refractivity contribution in [3.8, 4) is 10.7 Å². The van der Waals surface area contributed by atoms with E-state index in [1.807, 2.05) is 18.2 Å². The molecule has 106 valence electrons. The summed E-state index contributed by atoms with van der Waals surface area (Å²) in [5.74, 6) is 0. The molecule has 2 unspecified atom stereocenters. The molecule has 1 saturated carbocycles. The fourth-order valence-corrected chi connectivity index (χ4v) is 3.39. The van der Waals surface area contributed by atoms with E-state index in [1.54, 1.807) is 17.5 Å². The molecular formula is C15H19N3OS. The third-order valence-electron chi connectivity index (χ3n) is 3.65. The van der Waals surface area contributed by atoms with Gasteiger partial charge in [0, 0.05) is 24.2 Å². The molecule has 1 fully saturated rings. The van der Waals surface area contributed by atoms with E-state index in [0.29, 0.717) is 6.04 Å². The smallest absolute Gasteiger partial charge is 0.142 e. The van der Waals surface area contributed by atoms with Crippen LogP contribution in [0.15, 0.2) is 29.8 Å². The van der Waals surface area contributed by atoms with Crippen molar-refractivity contribution in [1.29, 1.82) is 0 Å². The minimum absolute atomic E-state index is 0.138. The second-order valence-electron chi connectivity index (χ2n) is 5.26. The second kappa shape index (κ2) is 6.43. The van der Waals surface area contributed by atoms with Gasteiger partial charge in [-0.1, -0.05) is 6.07 Å². The normalized spacial score (nSPS) is 22.9. The van der Waals surface area contributed by atoms with Crippen LogP contribution in [0.1, 0.15) is 31.4 Å². The van der Waals surface area contributed by atoms with Crippen LogP contribution >= 0.6 is 11.3 Å². The molecule has 0 amide bonds. The molecule has 2 aromatic rings. The number of nitrogens with zero attached hydrogens (tertiary/aromatic N) is 2. The molecule has 2 heterocycles. The molecule has 2 aromatic heterocycles. The van der Waals surface area contributed by atoms with E-state index in [-0.39, 0.29) is 6.10 Å². The number of hydrogen-bond acceptors (Lipinski definition) is 5. The van der Waals surface area contributed by atoms with E-state index in [1.165, 1.54) is 0 Å². The number of rotatable bonds is 4. The van der Waals surface area contributed by atoms with Gasteiger partial charge in [0.25, 0.3) is 0 Å². The highest BCUT2D eigenvalue weighted by atomic mass is 32.1. The lowest BCUT2D eigenvalue weighted by molar-refractivity contribution is 0.111. The van der Waals surface area contributed by atoms with Gasteiger partial charge in [-0.05, 0) is 37.8 Å². The molecule has 3 rings (SSSR count). The van der Waals surface area contributed by atoms with E-state index in [9.17, 15) is 5.11 Å². The van der Waals surface area contributed by atoms with Gasteiger partial charge in [-0.3, -0.25) is 4.98 Å². The Kier molecular flexibility index (Phi) is 4.40. The van der Waals surface area contributed by atoms with Crippen LogP contribution in [-0.4, -0.2) is 27.2 Å². The third kappa shape index (κ3) is 3.42. The minimum atomic E-state index is -0.138. The first kappa shape index (κ1) is 13.7. The zero-order valence-electron chi connectivity index (χ0n) is 11.3.